The van der Waals surface area contributed by atoms with Crippen molar-refractivity contribution >= 4 is 17.4 Å². The van der Waals surface area contributed by atoms with E-state index in [1.54, 1.807) is 32.0 Å². The van der Waals surface area contributed by atoms with E-state index in [1.807, 2.05) is 6.07 Å². The second-order valence-corrected chi connectivity index (χ2v) is 6.15. The number of nitrogens with two attached hydrogens (primary N) is 1. The van der Waals surface area contributed by atoms with Gasteiger partial charge >= 0.3 is 0 Å². The molecule has 3 atom stereocenters. The molecule has 124 valence electrons. The van der Waals surface area contributed by atoms with E-state index in [1.165, 1.54) is 0 Å². The Hall–Kier alpha value is -2.12. The molecule has 3 rings (SSSR count). The van der Waals surface area contributed by atoms with Crippen LogP contribution in [0, 0.1) is 33.5 Å². The highest BCUT2D eigenvalue weighted by molar-refractivity contribution is 6.31. The average Bonchev–Trinajstić information content (AvgIpc) is 3.14. The van der Waals surface area contributed by atoms with E-state index in [0.717, 1.165) is 0 Å². The monoisotopic (exact) mass is 344 g/mol. The van der Waals surface area contributed by atoms with E-state index in [2.05, 4.69) is 17.1 Å². The van der Waals surface area contributed by atoms with Crippen molar-refractivity contribution in [2.45, 2.75) is 25.7 Å². The van der Waals surface area contributed by atoms with Gasteiger partial charge in [0.1, 0.15) is 11.3 Å². The van der Waals surface area contributed by atoms with Gasteiger partial charge in [-0.2, -0.15) is 10.5 Å². The highest BCUT2D eigenvalue weighted by Gasteiger charge is 2.93. The molecule has 24 heavy (non-hydrogen) atoms. The van der Waals surface area contributed by atoms with Crippen molar-refractivity contribution in [1.29, 1.82) is 10.5 Å². The summed E-state index contributed by atoms with van der Waals surface area (Å²) in [6.07, 6.45) is 0. The molecule has 0 spiro atoms. The molecule has 1 aromatic carbocycles. The van der Waals surface area contributed by atoms with Crippen molar-refractivity contribution in [3.8, 4) is 12.1 Å². The molecule has 1 saturated carbocycles. The first kappa shape index (κ1) is 16.7. The van der Waals surface area contributed by atoms with Crippen molar-refractivity contribution in [3.63, 3.8) is 0 Å². The van der Waals surface area contributed by atoms with Gasteiger partial charge in [0.25, 0.3) is 5.91 Å². The van der Waals surface area contributed by atoms with Gasteiger partial charge in [0.05, 0.1) is 12.1 Å². The van der Waals surface area contributed by atoms with Crippen molar-refractivity contribution in [2.24, 2.45) is 21.6 Å². The molecule has 0 bridgehead atoms. The molecular formula is C17H17ClN4O2. The molecule has 1 aliphatic carbocycles. The van der Waals surface area contributed by atoms with E-state index in [0.29, 0.717) is 10.6 Å². The van der Waals surface area contributed by atoms with Gasteiger partial charge in [0.15, 0.2) is 5.41 Å². The fourth-order valence-corrected chi connectivity index (χ4v) is 4.17. The number of halogens is 1. The van der Waals surface area contributed by atoms with Crippen molar-refractivity contribution in [1.82, 2.24) is 0 Å². The van der Waals surface area contributed by atoms with Crippen LogP contribution in [-0.2, 0) is 9.47 Å². The van der Waals surface area contributed by atoms with E-state index >= 15 is 0 Å². The van der Waals surface area contributed by atoms with Gasteiger partial charge in [0, 0.05) is 24.2 Å². The Morgan fingerprint density at radius 3 is 2.33 bits per heavy atom. The minimum atomic E-state index is -1.60. The topological polar surface area (TPSA) is 104 Å². The third-order valence-corrected chi connectivity index (χ3v) is 5.17. The zero-order valence-electron chi connectivity index (χ0n) is 13.4. The number of hydrogen-bond donors (Lipinski definition) is 1. The average molecular weight is 345 g/mol. The molecule has 6 nitrogen and oxygen atoms in total. The van der Waals surface area contributed by atoms with Crippen LogP contribution in [0.1, 0.15) is 25.3 Å². The van der Waals surface area contributed by atoms with Crippen molar-refractivity contribution in [2.75, 3.05) is 13.2 Å². The lowest BCUT2D eigenvalue weighted by atomic mass is 9.93. The van der Waals surface area contributed by atoms with Crippen LogP contribution in [0.2, 0.25) is 5.02 Å². The highest BCUT2D eigenvalue weighted by atomic mass is 35.5. The van der Waals surface area contributed by atoms with Crippen LogP contribution in [0.25, 0.3) is 0 Å². The molecule has 0 unspecified atom stereocenters. The molecule has 1 fully saturated rings. The molecule has 1 aromatic rings. The van der Waals surface area contributed by atoms with Gasteiger partial charge in [0.2, 0.25) is 0 Å². The predicted molar refractivity (Wildman–Crippen MR) is 87.9 cm³/mol. The van der Waals surface area contributed by atoms with Crippen LogP contribution in [0.5, 0.6) is 0 Å². The SMILES string of the molecule is CCOC1(OCC)N=C(N)[C@@]2(C#N)[C@H](c3ccccc3Cl)[C@@]12C#N. The zero-order valence-corrected chi connectivity index (χ0v) is 14.2. The number of aliphatic imine (C=N–C) groups is 1. The number of benzene rings is 1. The van der Waals surface area contributed by atoms with Crippen LogP contribution in [0.15, 0.2) is 29.3 Å². The molecule has 7 heteroatoms. The van der Waals surface area contributed by atoms with Crippen molar-refractivity contribution < 1.29 is 9.47 Å². The Morgan fingerprint density at radius 1 is 1.21 bits per heavy atom. The molecule has 0 radical (unpaired) electrons. The number of nitriles is 2. The second-order valence-electron chi connectivity index (χ2n) is 5.74. The fourth-order valence-electron chi connectivity index (χ4n) is 3.93. The summed E-state index contributed by atoms with van der Waals surface area (Å²) in [6, 6.07) is 11.6. The highest BCUT2D eigenvalue weighted by Crippen LogP contribution is 2.82. The lowest BCUT2D eigenvalue weighted by Gasteiger charge is -2.31. The quantitative estimate of drug-likeness (QED) is 0.826. The summed E-state index contributed by atoms with van der Waals surface area (Å²) in [5, 5.41) is 20.4. The number of fused-ring (bicyclic) bond motifs is 1. The van der Waals surface area contributed by atoms with Gasteiger partial charge in [-0.25, -0.2) is 4.99 Å². The molecule has 1 aliphatic heterocycles. The van der Waals surface area contributed by atoms with Crippen LogP contribution in [0.3, 0.4) is 0 Å². The minimum Gasteiger partial charge on any atom is -0.386 e. The number of ether oxygens (including phenoxy) is 2. The van der Waals surface area contributed by atoms with E-state index in [9.17, 15) is 10.5 Å². The first-order chi connectivity index (χ1) is 11.5. The lowest BCUT2D eigenvalue weighted by Crippen LogP contribution is -2.43. The van der Waals surface area contributed by atoms with Crippen LogP contribution in [-0.4, -0.2) is 25.0 Å². The number of nitrogens with zero attached hydrogens (tertiary/aromatic N) is 3. The number of hydrogen-bond acceptors (Lipinski definition) is 6. The Labute approximate surface area is 145 Å². The van der Waals surface area contributed by atoms with Crippen LogP contribution >= 0.6 is 11.6 Å². The normalized spacial score (nSPS) is 32.4. The molecule has 0 saturated heterocycles. The number of amidine groups is 1. The van der Waals surface area contributed by atoms with E-state index < -0.39 is 22.7 Å². The Kier molecular flexibility index (Phi) is 3.80. The van der Waals surface area contributed by atoms with E-state index in [-0.39, 0.29) is 19.0 Å². The molecule has 0 aromatic heterocycles. The lowest BCUT2D eigenvalue weighted by molar-refractivity contribution is -0.255. The Morgan fingerprint density at radius 2 is 1.83 bits per heavy atom. The maximum absolute atomic E-state index is 10.1. The third-order valence-electron chi connectivity index (χ3n) is 4.82. The smallest absolute Gasteiger partial charge is 0.293 e. The summed E-state index contributed by atoms with van der Waals surface area (Å²) in [6.45, 7) is 4.07. The second kappa shape index (κ2) is 5.46. The van der Waals surface area contributed by atoms with Crippen molar-refractivity contribution in [3.05, 3.63) is 34.9 Å². The Balaban J connectivity index is 2.25. The number of rotatable bonds is 5. The first-order valence-corrected chi connectivity index (χ1v) is 8.09. The van der Waals surface area contributed by atoms with Gasteiger partial charge in [-0.05, 0) is 25.5 Å². The molecule has 2 N–H and O–H groups in total. The molecule has 1 heterocycles. The van der Waals surface area contributed by atoms with E-state index in [4.69, 9.17) is 26.8 Å². The van der Waals surface area contributed by atoms with Gasteiger partial charge in [-0.3, -0.25) is 0 Å². The van der Waals surface area contributed by atoms with Gasteiger partial charge in [-0.1, -0.05) is 29.8 Å². The standard InChI is InChI=1S/C17H17ClN4O2/c1-3-23-17(24-4-2)16(10-20)13(11-7-5-6-8-12(11)18)15(16,9-19)14(21)22-17/h5-8,13H,3-4H2,1-2H3,(H2,21,22)/t13-,15+,16+/m0/s1. The fraction of sp³-hybridized carbons (Fsp3) is 0.471. The summed E-state index contributed by atoms with van der Waals surface area (Å²) in [4.78, 5) is 4.28. The summed E-state index contributed by atoms with van der Waals surface area (Å²) >= 11 is 6.32. The zero-order chi connectivity index (χ0) is 17.6. The summed E-state index contributed by atoms with van der Waals surface area (Å²) < 4.78 is 11.5. The van der Waals surface area contributed by atoms with Crippen LogP contribution in [0.4, 0.5) is 0 Å². The summed E-state index contributed by atoms with van der Waals surface area (Å²) in [7, 11) is 0. The molecular weight excluding hydrogens is 328 g/mol. The largest absolute Gasteiger partial charge is 0.386 e. The van der Waals surface area contributed by atoms with Gasteiger partial charge in [-0.15, -0.1) is 0 Å². The van der Waals surface area contributed by atoms with Crippen LogP contribution < -0.4 is 5.73 Å². The third kappa shape index (κ3) is 1.63. The minimum absolute atomic E-state index is 0.0540. The maximum Gasteiger partial charge on any atom is 0.293 e. The molecule has 0 amide bonds. The first-order valence-electron chi connectivity index (χ1n) is 7.72. The maximum atomic E-state index is 10.1. The summed E-state index contributed by atoms with van der Waals surface area (Å²) in [5.41, 5.74) is 4.11. The summed E-state index contributed by atoms with van der Waals surface area (Å²) in [5.74, 6) is -2.11. The van der Waals surface area contributed by atoms with Gasteiger partial charge < -0.3 is 15.2 Å². The molecule has 2 aliphatic rings. The Bertz CT molecular complexity index is 791. The predicted octanol–water partition coefficient (Wildman–Crippen LogP) is 2.55.